The van der Waals surface area contributed by atoms with Crippen molar-refractivity contribution in [3.63, 3.8) is 0 Å². The van der Waals surface area contributed by atoms with Crippen molar-refractivity contribution in [1.82, 2.24) is 0 Å². The minimum absolute atomic E-state index is 0.166. The van der Waals surface area contributed by atoms with E-state index in [4.69, 9.17) is 22.1 Å². The molecule has 0 aromatic heterocycles. The van der Waals surface area contributed by atoms with Crippen LogP contribution in [0.5, 0.6) is 5.75 Å². The van der Waals surface area contributed by atoms with E-state index < -0.39 is 0 Å². The van der Waals surface area contributed by atoms with E-state index in [0.29, 0.717) is 12.0 Å². The third-order valence-electron chi connectivity index (χ3n) is 4.67. The van der Waals surface area contributed by atoms with E-state index >= 15 is 0 Å². The highest BCUT2D eigenvalue weighted by molar-refractivity contribution is 6.30. The second kappa shape index (κ2) is 8.05. The molecule has 21 heavy (non-hydrogen) atoms. The van der Waals surface area contributed by atoms with Gasteiger partial charge in [0.1, 0.15) is 11.9 Å². The number of halogens is 1. The first kappa shape index (κ1) is 16.6. The molecule has 0 amide bonds. The van der Waals surface area contributed by atoms with Crippen LogP contribution in [0.4, 0.5) is 0 Å². The van der Waals surface area contributed by atoms with Crippen LogP contribution in [0.25, 0.3) is 0 Å². The molecule has 0 heterocycles. The smallest absolute Gasteiger partial charge is 0.123 e. The summed E-state index contributed by atoms with van der Waals surface area (Å²) in [6.45, 7) is 4.38. The van der Waals surface area contributed by atoms with Crippen molar-refractivity contribution in [3.8, 4) is 5.75 Å². The summed E-state index contributed by atoms with van der Waals surface area (Å²) in [5.41, 5.74) is 7.26. The second-order valence-corrected chi connectivity index (χ2v) is 6.67. The highest BCUT2D eigenvalue weighted by Gasteiger charge is 2.26. The Bertz CT molecular complexity index is 449. The molecule has 0 bridgehead atoms. The van der Waals surface area contributed by atoms with E-state index in [-0.39, 0.29) is 6.04 Å². The van der Waals surface area contributed by atoms with Gasteiger partial charge >= 0.3 is 0 Å². The van der Waals surface area contributed by atoms with E-state index in [9.17, 15) is 0 Å². The maximum Gasteiger partial charge on any atom is 0.123 e. The van der Waals surface area contributed by atoms with Crippen LogP contribution in [0, 0.1) is 5.92 Å². The number of nitrogens with two attached hydrogens (primary N) is 1. The standard InChI is InChI=1S/C18H28ClNO/c1-3-13-7-5-6-8-17(13)21-18-10-9-15(19)11-14(18)12-16(20)4-2/h9-11,13,16-17H,3-8,12,20H2,1-2H3. The van der Waals surface area contributed by atoms with Gasteiger partial charge in [0.2, 0.25) is 0 Å². The average Bonchev–Trinajstić information content (AvgIpc) is 2.50. The molecule has 2 rings (SSSR count). The lowest BCUT2D eigenvalue weighted by molar-refractivity contribution is 0.0893. The molecule has 0 spiro atoms. The summed E-state index contributed by atoms with van der Waals surface area (Å²) in [5, 5.41) is 0.760. The van der Waals surface area contributed by atoms with Crippen molar-refractivity contribution >= 4 is 11.6 Å². The third-order valence-corrected chi connectivity index (χ3v) is 4.91. The maximum atomic E-state index is 6.38. The average molecular weight is 310 g/mol. The van der Waals surface area contributed by atoms with E-state index in [0.717, 1.165) is 29.2 Å². The number of benzene rings is 1. The van der Waals surface area contributed by atoms with Crippen LogP contribution in [-0.2, 0) is 6.42 Å². The van der Waals surface area contributed by atoms with Gasteiger partial charge in [-0.05, 0) is 68.2 Å². The fourth-order valence-electron chi connectivity index (χ4n) is 3.21. The molecule has 1 fully saturated rings. The zero-order valence-corrected chi connectivity index (χ0v) is 14.0. The van der Waals surface area contributed by atoms with Gasteiger partial charge in [0.15, 0.2) is 0 Å². The molecule has 0 aliphatic heterocycles. The molecular weight excluding hydrogens is 282 g/mol. The summed E-state index contributed by atoms with van der Waals surface area (Å²) in [4.78, 5) is 0. The van der Waals surface area contributed by atoms with Gasteiger partial charge in [0.05, 0.1) is 0 Å². The predicted molar refractivity (Wildman–Crippen MR) is 90.1 cm³/mol. The van der Waals surface area contributed by atoms with Gasteiger partial charge in [-0.3, -0.25) is 0 Å². The zero-order chi connectivity index (χ0) is 15.2. The van der Waals surface area contributed by atoms with Crippen LogP contribution in [0.3, 0.4) is 0 Å². The lowest BCUT2D eigenvalue weighted by atomic mass is 9.84. The van der Waals surface area contributed by atoms with Crippen molar-refractivity contribution in [2.24, 2.45) is 11.7 Å². The van der Waals surface area contributed by atoms with Gasteiger partial charge in [-0.15, -0.1) is 0 Å². The zero-order valence-electron chi connectivity index (χ0n) is 13.3. The SMILES string of the molecule is CCC(N)Cc1cc(Cl)ccc1OC1CCCCC1CC. The molecular formula is C18H28ClNO. The Morgan fingerprint density at radius 1 is 1.29 bits per heavy atom. The first-order valence-electron chi connectivity index (χ1n) is 8.34. The monoisotopic (exact) mass is 309 g/mol. The first-order chi connectivity index (χ1) is 10.1. The Kier molecular flexibility index (Phi) is 6.38. The van der Waals surface area contributed by atoms with E-state index in [2.05, 4.69) is 13.8 Å². The molecule has 3 heteroatoms. The number of rotatable bonds is 6. The molecule has 0 saturated heterocycles. The fraction of sp³-hybridized carbons (Fsp3) is 0.667. The van der Waals surface area contributed by atoms with Crippen molar-refractivity contribution < 1.29 is 4.74 Å². The van der Waals surface area contributed by atoms with Gasteiger partial charge in [0.25, 0.3) is 0 Å². The topological polar surface area (TPSA) is 35.2 Å². The molecule has 3 atom stereocenters. The minimum atomic E-state index is 0.166. The van der Waals surface area contributed by atoms with Crippen LogP contribution < -0.4 is 10.5 Å². The quantitative estimate of drug-likeness (QED) is 0.805. The Balaban J connectivity index is 2.14. The number of ether oxygens (including phenoxy) is 1. The highest BCUT2D eigenvalue weighted by Crippen LogP contribution is 2.33. The largest absolute Gasteiger partial charge is 0.490 e. The lowest BCUT2D eigenvalue weighted by Gasteiger charge is -2.32. The summed E-state index contributed by atoms with van der Waals surface area (Å²) < 4.78 is 6.38. The van der Waals surface area contributed by atoms with E-state index in [1.807, 2.05) is 18.2 Å². The van der Waals surface area contributed by atoms with Crippen molar-refractivity contribution in [1.29, 1.82) is 0 Å². The maximum absolute atomic E-state index is 6.38. The molecule has 2 nitrogen and oxygen atoms in total. The molecule has 1 saturated carbocycles. The summed E-state index contributed by atoms with van der Waals surface area (Å²) in [6, 6.07) is 6.11. The number of hydrogen-bond acceptors (Lipinski definition) is 2. The second-order valence-electron chi connectivity index (χ2n) is 6.23. The molecule has 2 N–H and O–H groups in total. The molecule has 1 aromatic rings. The molecule has 0 radical (unpaired) electrons. The summed E-state index contributed by atoms with van der Waals surface area (Å²) in [7, 11) is 0. The lowest BCUT2D eigenvalue weighted by Crippen LogP contribution is -2.30. The first-order valence-corrected chi connectivity index (χ1v) is 8.72. The minimum Gasteiger partial charge on any atom is -0.490 e. The van der Waals surface area contributed by atoms with Crippen molar-refractivity contribution in [3.05, 3.63) is 28.8 Å². The summed E-state index contributed by atoms with van der Waals surface area (Å²) in [6.07, 6.45) is 8.41. The Morgan fingerprint density at radius 2 is 2.05 bits per heavy atom. The van der Waals surface area contributed by atoms with Crippen LogP contribution in [0.15, 0.2) is 18.2 Å². The van der Waals surface area contributed by atoms with Crippen LogP contribution in [0.2, 0.25) is 5.02 Å². The summed E-state index contributed by atoms with van der Waals surface area (Å²) in [5.74, 6) is 1.66. The van der Waals surface area contributed by atoms with E-state index in [1.54, 1.807) is 0 Å². The van der Waals surface area contributed by atoms with Gasteiger partial charge < -0.3 is 10.5 Å². The Hall–Kier alpha value is -0.730. The van der Waals surface area contributed by atoms with Gasteiger partial charge in [-0.1, -0.05) is 31.9 Å². The Labute approximate surface area is 134 Å². The predicted octanol–water partition coefficient (Wildman–Crippen LogP) is 4.97. The Morgan fingerprint density at radius 3 is 2.76 bits per heavy atom. The number of hydrogen-bond donors (Lipinski definition) is 1. The highest BCUT2D eigenvalue weighted by atomic mass is 35.5. The van der Waals surface area contributed by atoms with E-state index in [1.165, 1.54) is 32.1 Å². The van der Waals surface area contributed by atoms with Crippen LogP contribution in [-0.4, -0.2) is 12.1 Å². The van der Waals surface area contributed by atoms with Crippen molar-refractivity contribution in [2.75, 3.05) is 0 Å². The van der Waals surface area contributed by atoms with Gasteiger partial charge in [-0.25, -0.2) is 0 Å². The fourth-order valence-corrected chi connectivity index (χ4v) is 3.40. The van der Waals surface area contributed by atoms with Crippen LogP contribution in [0.1, 0.15) is 57.9 Å². The van der Waals surface area contributed by atoms with Crippen LogP contribution >= 0.6 is 11.6 Å². The summed E-state index contributed by atoms with van der Waals surface area (Å²) >= 11 is 6.15. The normalized spacial score (nSPS) is 23.8. The van der Waals surface area contributed by atoms with Gasteiger partial charge in [0, 0.05) is 11.1 Å². The third kappa shape index (κ3) is 4.62. The molecule has 1 aliphatic rings. The van der Waals surface area contributed by atoms with Crippen molar-refractivity contribution in [2.45, 2.75) is 70.9 Å². The molecule has 3 unspecified atom stereocenters. The molecule has 118 valence electrons. The molecule has 1 aliphatic carbocycles. The molecule has 1 aromatic carbocycles. The van der Waals surface area contributed by atoms with Gasteiger partial charge in [-0.2, -0.15) is 0 Å².